The molecule has 0 radical (unpaired) electrons. The summed E-state index contributed by atoms with van der Waals surface area (Å²) in [7, 11) is 2.06. The summed E-state index contributed by atoms with van der Waals surface area (Å²) in [6.45, 7) is 3.98. The van der Waals surface area contributed by atoms with Gasteiger partial charge in [-0.2, -0.15) is 0 Å². The zero-order valence-corrected chi connectivity index (χ0v) is 11.1. The topological polar surface area (TPSA) is 71.2 Å². The third-order valence-electron chi connectivity index (χ3n) is 2.75. The number of pyridine rings is 1. The summed E-state index contributed by atoms with van der Waals surface area (Å²) in [4.78, 5) is 17.8. The van der Waals surface area contributed by atoms with Crippen LogP contribution in [0.5, 0.6) is 0 Å². The van der Waals surface area contributed by atoms with Crippen LogP contribution in [0.15, 0.2) is 18.2 Å². The number of carbonyl (C=O) groups is 1. The molecule has 0 unspecified atom stereocenters. The number of hydrogen-bond donors (Lipinski definition) is 2. The Hall–Kier alpha value is -1.46. The maximum Gasteiger partial charge on any atom is 0.283 e. The van der Waals surface area contributed by atoms with Gasteiger partial charge in [-0.05, 0) is 32.1 Å². The van der Waals surface area contributed by atoms with Crippen LogP contribution in [0.1, 0.15) is 42.4 Å². The highest BCUT2D eigenvalue weighted by molar-refractivity contribution is 5.91. The highest BCUT2D eigenvalue weighted by Crippen LogP contribution is 2.04. The normalized spacial score (nSPS) is 10.7. The number of nitrogen functional groups attached to an aromatic ring is 1. The molecule has 1 aromatic heterocycles. The van der Waals surface area contributed by atoms with E-state index in [9.17, 15) is 4.79 Å². The predicted molar refractivity (Wildman–Crippen MR) is 71.7 cm³/mol. The lowest BCUT2D eigenvalue weighted by atomic mass is 10.2. The fraction of sp³-hybridized carbons (Fsp3) is 0.538. The summed E-state index contributed by atoms with van der Waals surface area (Å²) in [6, 6.07) is 5.40. The monoisotopic (exact) mass is 250 g/mol. The molecule has 0 aliphatic heterocycles. The van der Waals surface area contributed by atoms with E-state index in [0.29, 0.717) is 5.69 Å². The quantitative estimate of drug-likeness (QED) is 0.331. The lowest BCUT2D eigenvalue weighted by Gasteiger charge is -2.16. The molecule has 1 amide bonds. The summed E-state index contributed by atoms with van der Waals surface area (Å²) >= 11 is 0. The lowest BCUT2D eigenvalue weighted by Crippen LogP contribution is -2.31. The third-order valence-corrected chi connectivity index (χ3v) is 2.75. The largest absolute Gasteiger partial charge is 0.301 e. The number of nitrogens with zero attached hydrogens (tertiary/aromatic N) is 2. The van der Waals surface area contributed by atoms with E-state index in [1.165, 1.54) is 19.3 Å². The van der Waals surface area contributed by atoms with Crippen molar-refractivity contribution in [1.82, 2.24) is 15.3 Å². The van der Waals surface area contributed by atoms with Crippen LogP contribution in [-0.4, -0.2) is 29.4 Å². The van der Waals surface area contributed by atoms with Gasteiger partial charge in [-0.15, -0.1) is 0 Å². The van der Waals surface area contributed by atoms with Crippen LogP contribution in [0.2, 0.25) is 0 Å². The zero-order chi connectivity index (χ0) is 13.4. The molecule has 5 heteroatoms. The van der Waals surface area contributed by atoms with Gasteiger partial charge >= 0.3 is 0 Å². The minimum absolute atomic E-state index is 0.356. The van der Waals surface area contributed by atoms with Crippen molar-refractivity contribution in [3.63, 3.8) is 0 Å². The van der Waals surface area contributed by atoms with Gasteiger partial charge in [0.2, 0.25) is 0 Å². The van der Waals surface area contributed by atoms with Gasteiger partial charge in [-0.1, -0.05) is 25.8 Å². The van der Waals surface area contributed by atoms with Crippen LogP contribution >= 0.6 is 0 Å². The summed E-state index contributed by atoms with van der Waals surface area (Å²) in [6.07, 6.45) is 3.65. The Balaban J connectivity index is 2.53. The molecule has 3 N–H and O–H groups in total. The van der Waals surface area contributed by atoms with Crippen molar-refractivity contribution in [3.8, 4) is 0 Å². The van der Waals surface area contributed by atoms with Crippen LogP contribution in [0, 0.1) is 0 Å². The van der Waals surface area contributed by atoms with E-state index in [4.69, 9.17) is 5.84 Å². The van der Waals surface area contributed by atoms with Gasteiger partial charge in [0.25, 0.3) is 5.91 Å². The van der Waals surface area contributed by atoms with Gasteiger partial charge in [0.15, 0.2) is 0 Å². The van der Waals surface area contributed by atoms with Gasteiger partial charge in [-0.25, -0.2) is 10.8 Å². The maximum atomic E-state index is 11.4. The second-order valence-electron chi connectivity index (χ2n) is 4.43. The van der Waals surface area contributed by atoms with Crippen molar-refractivity contribution in [2.24, 2.45) is 5.84 Å². The van der Waals surface area contributed by atoms with Crippen molar-refractivity contribution in [1.29, 1.82) is 0 Å². The number of rotatable bonds is 7. The highest BCUT2D eigenvalue weighted by Gasteiger charge is 2.07. The summed E-state index contributed by atoms with van der Waals surface area (Å²) in [5.74, 6) is 4.73. The Morgan fingerprint density at radius 2 is 2.22 bits per heavy atom. The lowest BCUT2D eigenvalue weighted by molar-refractivity contribution is 0.0948. The van der Waals surface area contributed by atoms with Crippen LogP contribution in [0.25, 0.3) is 0 Å². The Morgan fingerprint density at radius 1 is 1.44 bits per heavy atom. The smallest absolute Gasteiger partial charge is 0.283 e. The van der Waals surface area contributed by atoms with E-state index < -0.39 is 0 Å². The van der Waals surface area contributed by atoms with Crippen LogP contribution in [-0.2, 0) is 6.54 Å². The van der Waals surface area contributed by atoms with Gasteiger partial charge < -0.3 is 4.90 Å². The number of aromatic nitrogens is 1. The molecule has 0 aromatic carbocycles. The van der Waals surface area contributed by atoms with Crippen molar-refractivity contribution in [2.45, 2.75) is 32.7 Å². The average molecular weight is 250 g/mol. The number of nitrogens with one attached hydrogen (secondary N) is 1. The molecule has 0 bridgehead atoms. The fourth-order valence-electron chi connectivity index (χ4n) is 1.76. The third kappa shape index (κ3) is 4.81. The number of amides is 1. The molecule has 0 saturated heterocycles. The van der Waals surface area contributed by atoms with Crippen molar-refractivity contribution >= 4 is 5.91 Å². The van der Waals surface area contributed by atoms with Gasteiger partial charge in [-0.3, -0.25) is 10.2 Å². The van der Waals surface area contributed by atoms with E-state index in [0.717, 1.165) is 18.8 Å². The molecule has 1 aromatic rings. The van der Waals surface area contributed by atoms with Crippen molar-refractivity contribution < 1.29 is 4.79 Å². The Kier molecular flexibility index (Phi) is 6.32. The number of hydrazine groups is 1. The zero-order valence-electron chi connectivity index (χ0n) is 11.1. The SMILES string of the molecule is CCCCCN(C)Cc1cccc(C(=O)NN)n1. The van der Waals surface area contributed by atoms with E-state index in [2.05, 4.69) is 29.3 Å². The first-order valence-corrected chi connectivity index (χ1v) is 6.32. The van der Waals surface area contributed by atoms with Crippen molar-refractivity contribution in [2.75, 3.05) is 13.6 Å². The Bertz CT molecular complexity index is 381. The molecule has 18 heavy (non-hydrogen) atoms. The molecule has 0 saturated carbocycles. The first-order valence-electron chi connectivity index (χ1n) is 6.32. The predicted octanol–water partition coefficient (Wildman–Crippen LogP) is 1.31. The van der Waals surface area contributed by atoms with E-state index in [-0.39, 0.29) is 5.91 Å². The highest BCUT2D eigenvalue weighted by atomic mass is 16.2. The second kappa shape index (κ2) is 7.79. The van der Waals surface area contributed by atoms with Crippen molar-refractivity contribution in [3.05, 3.63) is 29.6 Å². The van der Waals surface area contributed by atoms with Gasteiger partial charge in [0.1, 0.15) is 5.69 Å². The fourth-order valence-corrected chi connectivity index (χ4v) is 1.76. The maximum absolute atomic E-state index is 11.4. The summed E-state index contributed by atoms with van der Waals surface area (Å²) in [5, 5.41) is 0. The Labute approximate surface area is 108 Å². The molecule has 5 nitrogen and oxygen atoms in total. The standard InChI is InChI=1S/C13H22N4O/c1-3-4-5-9-17(2)10-11-7-6-8-12(15-11)13(18)16-14/h6-8H,3-5,9-10,14H2,1-2H3,(H,16,18). The van der Waals surface area contributed by atoms with E-state index in [1.807, 2.05) is 12.1 Å². The molecular weight excluding hydrogens is 228 g/mol. The second-order valence-corrected chi connectivity index (χ2v) is 4.43. The number of unbranched alkanes of at least 4 members (excludes halogenated alkanes) is 2. The number of carbonyl (C=O) groups excluding carboxylic acids is 1. The van der Waals surface area contributed by atoms with E-state index in [1.54, 1.807) is 6.07 Å². The molecule has 0 aliphatic rings. The summed E-state index contributed by atoms with van der Waals surface area (Å²) < 4.78 is 0. The minimum atomic E-state index is -0.356. The average Bonchev–Trinajstić information content (AvgIpc) is 2.38. The molecule has 0 aliphatic carbocycles. The first-order chi connectivity index (χ1) is 8.67. The number of nitrogens with two attached hydrogens (primary N) is 1. The molecular formula is C13H22N4O. The van der Waals surface area contributed by atoms with Gasteiger partial charge in [0, 0.05) is 6.54 Å². The number of hydrogen-bond acceptors (Lipinski definition) is 4. The molecule has 0 fully saturated rings. The van der Waals surface area contributed by atoms with Crippen LogP contribution in [0.3, 0.4) is 0 Å². The summed E-state index contributed by atoms with van der Waals surface area (Å²) in [5.41, 5.74) is 3.33. The van der Waals surface area contributed by atoms with Crippen LogP contribution < -0.4 is 11.3 Å². The minimum Gasteiger partial charge on any atom is -0.301 e. The van der Waals surface area contributed by atoms with Crippen LogP contribution in [0.4, 0.5) is 0 Å². The Morgan fingerprint density at radius 3 is 2.89 bits per heavy atom. The van der Waals surface area contributed by atoms with E-state index >= 15 is 0 Å². The molecule has 1 rings (SSSR count). The molecule has 1 heterocycles. The van der Waals surface area contributed by atoms with Gasteiger partial charge in [0.05, 0.1) is 5.69 Å². The molecule has 100 valence electrons. The first kappa shape index (κ1) is 14.6. The molecule has 0 spiro atoms. The molecule has 0 atom stereocenters.